The molecule has 4 heteroatoms. The van der Waals surface area contributed by atoms with Crippen molar-refractivity contribution in [3.05, 3.63) is 40.7 Å². The van der Waals surface area contributed by atoms with Crippen LogP contribution in [-0.4, -0.2) is 9.91 Å². The van der Waals surface area contributed by atoms with Crippen molar-refractivity contribution in [2.24, 2.45) is 0 Å². The Morgan fingerprint density at radius 3 is 2.92 bits per heavy atom. The number of nitrogens with one attached hydrogen (secondary N) is 1. The van der Waals surface area contributed by atoms with E-state index in [1.165, 1.54) is 6.07 Å². The molecule has 0 spiro atoms. The maximum Gasteiger partial charge on any atom is 0.277 e. The Morgan fingerprint density at radius 1 is 1.33 bits per heavy atom. The number of hydrogen-bond donors (Lipinski definition) is 1. The zero-order valence-corrected chi connectivity index (χ0v) is 6.15. The van der Waals surface area contributed by atoms with E-state index in [0.717, 1.165) is 5.56 Å². The van der Waals surface area contributed by atoms with Crippen LogP contribution in [0.15, 0.2) is 30.6 Å². The normalized spacial score (nSPS) is 10.3. The van der Waals surface area contributed by atoms with Crippen molar-refractivity contribution in [1.29, 1.82) is 0 Å². The van der Waals surface area contributed by atoms with Crippen molar-refractivity contribution >= 4 is 5.69 Å². The van der Waals surface area contributed by atoms with Gasteiger partial charge in [-0.15, -0.1) is 0 Å². The molecule has 0 fully saturated rings. The quantitative estimate of drug-likeness (QED) is 0.515. The standard InChI is InChI=1S/C8H6N2O2/c11-10(12)8-2-1-6-5-9-4-3-7(6)8/h1-5,9H. The van der Waals surface area contributed by atoms with Crippen molar-refractivity contribution < 1.29 is 4.92 Å². The molecule has 0 amide bonds. The van der Waals surface area contributed by atoms with Crippen LogP contribution in [0.1, 0.15) is 0 Å². The van der Waals surface area contributed by atoms with Gasteiger partial charge in [0.05, 0.1) is 10.5 Å². The number of aromatic nitrogens is 1. The molecule has 0 aromatic carbocycles. The fourth-order valence-corrected chi connectivity index (χ4v) is 1.23. The first-order chi connectivity index (χ1) is 5.79. The van der Waals surface area contributed by atoms with Gasteiger partial charge in [-0.3, -0.25) is 10.1 Å². The topological polar surface area (TPSA) is 58.9 Å². The Balaban J connectivity index is 2.67. The number of rotatable bonds is 1. The molecule has 0 radical (unpaired) electrons. The van der Waals surface area contributed by atoms with Crippen LogP contribution in [0, 0.1) is 10.1 Å². The van der Waals surface area contributed by atoms with Crippen molar-refractivity contribution in [2.75, 3.05) is 0 Å². The first-order valence-corrected chi connectivity index (χ1v) is 3.49. The minimum atomic E-state index is -0.373. The highest BCUT2D eigenvalue weighted by Crippen LogP contribution is 2.32. The lowest BCUT2D eigenvalue weighted by Crippen LogP contribution is -1.87. The lowest BCUT2D eigenvalue weighted by molar-refractivity contribution is -0.383. The fraction of sp³-hybridized carbons (Fsp3) is 0. The van der Waals surface area contributed by atoms with Crippen molar-refractivity contribution in [1.82, 2.24) is 4.98 Å². The molecule has 0 aromatic rings. The Kier molecular flexibility index (Phi) is 1.33. The van der Waals surface area contributed by atoms with Crippen LogP contribution in [0.3, 0.4) is 0 Å². The Morgan fingerprint density at radius 2 is 2.17 bits per heavy atom. The van der Waals surface area contributed by atoms with Crippen LogP contribution < -0.4 is 0 Å². The number of pyridine rings is 1. The molecule has 1 N–H and O–H groups in total. The van der Waals surface area contributed by atoms with E-state index in [0.29, 0.717) is 5.56 Å². The smallest absolute Gasteiger partial charge is 0.277 e. The van der Waals surface area contributed by atoms with Gasteiger partial charge in [0.15, 0.2) is 0 Å². The zero-order valence-electron chi connectivity index (χ0n) is 6.15. The van der Waals surface area contributed by atoms with Gasteiger partial charge in [-0.05, 0) is 12.1 Å². The average molecular weight is 162 g/mol. The van der Waals surface area contributed by atoms with Gasteiger partial charge in [0.2, 0.25) is 0 Å². The van der Waals surface area contributed by atoms with Gasteiger partial charge in [-0.25, -0.2) is 0 Å². The Bertz CT molecular complexity index is 394. The molecule has 4 nitrogen and oxygen atoms in total. The molecule has 0 atom stereocenters. The summed E-state index contributed by atoms with van der Waals surface area (Å²) in [7, 11) is 0. The van der Waals surface area contributed by atoms with Crippen molar-refractivity contribution in [2.45, 2.75) is 0 Å². The molecule has 0 unspecified atom stereocenters. The molecule has 12 heavy (non-hydrogen) atoms. The van der Waals surface area contributed by atoms with Crippen molar-refractivity contribution in [3.8, 4) is 11.1 Å². The van der Waals surface area contributed by atoms with Crippen LogP contribution in [0.5, 0.6) is 0 Å². The molecule has 1 aliphatic heterocycles. The molecule has 0 bridgehead atoms. The third kappa shape index (κ3) is 0.852. The number of nitrogens with zero attached hydrogens (tertiary/aromatic N) is 1. The third-order valence-corrected chi connectivity index (χ3v) is 1.79. The summed E-state index contributed by atoms with van der Waals surface area (Å²) >= 11 is 0. The summed E-state index contributed by atoms with van der Waals surface area (Å²) in [6.07, 6.45) is 3.41. The molecular formula is C8H6N2O2. The zero-order chi connectivity index (χ0) is 8.55. The van der Waals surface area contributed by atoms with Crippen molar-refractivity contribution in [3.63, 3.8) is 0 Å². The van der Waals surface area contributed by atoms with Gasteiger partial charge in [-0.2, -0.15) is 0 Å². The van der Waals surface area contributed by atoms with Crippen LogP contribution in [-0.2, 0) is 0 Å². The van der Waals surface area contributed by atoms with Gasteiger partial charge in [0, 0.05) is 24.0 Å². The molecule has 2 aliphatic rings. The highest BCUT2D eigenvalue weighted by atomic mass is 16.6. The monoisotopic (exact) mass is 162 g/mol. The highest BCUT2D eigenvalue weighted by Gasteiger charge is 2.16. The second-order valence-corrected chi connectivity index (χ2v) is 2.49. The first kappa shape index (κ1) is 6.84. The largest absolute Gasteiger partial charge is 0.367 e. The van der Waals surface area contributed by atoms with Gasteiger partial charge >= 0.3 is 0 Å². The summed E-state index contributed by atoms with van der Waals surface area (Å²) in [5, 5.41) is 10.5. The van der Waals surface area contributed by atoms with Gasteiger partial charge in [0.1, 0.15) is 0 Å². The lowest BCUT2D eigenvalue weighted by atomic mass is 10.2. The molecule has 60 valence electrons. The van der Waals surface area contributed by atoms with E-state index < -0.39 is 0 Å². The number of hydrogen-bond acceptors (Lipinski definition) is 2. The molecular weight excluding hydrogens is 156 g/mol. The molecule has 0 saturated heterocycles. The van der Waals surface area contributed by atoms with E-state index in [4.69, 9.17) is 0 Å². The van der Waals surface area contributed by atoms with Crippen LogP contribution in [0.25, 0.3) is 11.1 Å². The second kappa shape index (κ2) is 2.34. The van der Waals surface area contributed by atoms with Gasteiger partial charge in [0.25, 0.3) is 5.69 Å². The summed E-state index contributed by atoms with van der Waals surface area (Å²) in [6.45, 7) is 0. The van der Waals surface area contributed by atoms with E-state index in [-0.39, 0.29) is 10.6 Å². The number of nitro groups is 1. The number of H-pyrrole nitrogens is 1. The summed E-state index contributed by atoms with van der Waals surface area (Å²) in [5.74, 6) is 0. The lowest BCUT2D eigenvalue weighted by Gasteiger charge is -1.95. The molecule has 2 rings (SSSR count). The summed E-state index contributed by atoms with van der Waals surface area (Å²) in [6, 6.07) is 4.94. The fourth-order valence-electron chi connectivity index (χ4n) is 1.23. The van der Waals surface area contributed by atoms with Crippen LogP contribution in [0.4, 0.5) is 5.69 Å². The molecule has 1 heterocycles. The molecule has 0 saturated carbocycles. The van der Waals surface area contributed by atoms with E-state index >= 15 is 0 Å². The summed E-state index contributed by atoms with van der Waals surface area (Å²) in [4.78, 5) is 13.0. The summed E-state index contributed by atoms with van der Waals surface area (Å²) < 4.78 is 0. The van der Waals surface area contributed by atoms with Crippen LogP contribution >= 0.6 is 0 Å². The SMILES string of the molecule is O=[N+]([O-])c1ccc2c[nH]ccc1-2. The number of aromatic amines is 1. The number of fused-ring (bicyclic) bond motifs is 1. The molecule has 0 aromatic heterocycles. The van der Waals surface area contributed by atoms with E-state index in [1.807, 2.05) is 0 Å². The van der Waals surface area contributed by atoms with E-state index in [9.17, 15) is 10.1 Å². The predicted octanol–water partition coefficient (Wildman–Crippen LogP) is 2.03. The van der Waals surface area contributed by atoms with Gasteiger partial charge in [-0.1, -0.05) is 0 Å². The predicted molar refractivity (Wildman–Crippen MR) is 44.1 cm³/mol. The highest BCUT2D eigenvalue weighted by molar-refractivity contribution is 5.76. The maximum atomic E-state index is 10.5. The van der Waals surface area contributed by atoms with E-state index in [2.05, 4.69) is 4.98 Å². The van der Waals surface area contributed by atoms with Crippen LogP contribution in [0.2, 0.25) is 0 Å². The summed E-state index contributed by atoms with van der Waals surface area (Å²) in [5.41, 5.74) is 1.71. The average Bonchev–Trinajstić information content (AvgIpc) is 2.47. The third-order valence-electron chi connectivity index (χ3n) is 1.79. The minimum Gasteiger partial charge on any atom is -0.367 e. The van der Waals surface area contributed by atoms with E-state index in [1.54, 1.807) is 24.5 Å². The Hall–Kier alpha value is -1.84. The minimum absolute atomic E-state index is 0.166. The maximum absolute atomic E-state index is 10.5. The second-order valence-electron chi connectivity index (χ2n) is 2.49. The Labute approximate surface area is 68.3 Å². The molecule has 1 aliphatic carbocycles. The first-order valence-electron chi connectivity index (χ1n) is 3.49. The van der Waals surface area contributed by atoms with Gasteiger partial charge < -0.3 is 4.98 Å².